The van der Waals surface area contributed by atoms with Crippen molar-refractivity contribution >= 4 is 34.0 Å². The third kappa shape index (κ3) is 2.96. The number of aromatic nitrogens is 1. The fourth-order valence-electron chi connectivity index (χ4n) is 3.80. The van der Waals surface area contributed by atoms with E-state index in [0.717, 1.165) is 42.1 Å². The van der Waals surface area contributed by atoms with Crippen molar-refractivity contribution < 1.29 is 9.90 Å². The predicted molar refractivity (Wildman–Crippen MR) is 101 cm³/mol. The Morgan fingerprint density at radius 3 is 2.68 bits per heavy atom. The lowest BCUT2D eigenvalue weighted by atomic mass is 9.95. The number of nitrogens with zero attached hydrogens (tertiary/aromatic N) is 1. The van der Waals surface area contributed by atoms with Gasteiger partial charge in [0.05, 0.1) is 0 Å². The zero-order valence-electron chi connectivity index (χ0n) is 13.7. The minimum atomic E-state index is -0.883. The van der Waals surface area contributed by atoms with E-state index in [-0.39, 0.29) is 0 Å². The molecule has 0 radical (unpaired) electrons. The second-order valence-corrected chi connectivity index (χ2v) is 6.85. The minimum Gasteiger partial charge on any atom is -0.478 e. The molecule has 3 nitrogen and oxygen atoms in total. The lowest BCUT2D eigenvalue weighted by Crippen LogP contribution is -2.11. The van der Waals surface area contributed by atoms with Gasteiger partial charge in [-0.1, -0.05) is 41.9 Å². The van der Waals surface area contributed by atoms with Crippen molar-refractivity contribution in [2.24, 2.45) is 0 Å². The molecule has 0 aliphatic carbocycles. The smallest absolute Gasteiger partial charge is 0.328 e. The molecule has 4 heteroatoms. The molecule has 0 saturated heterocycles. The van der Waals surface area contributed by atoms with E-state index in [1.807, 2.05) is 36.4 Å². The molecule has 0 atom stereocenters. The van der Waals surface area contributed by atoms with Crippen molar-refractivity contribution in [2.75, 3.05) is 0 Å². The first-order valence-corrected chi connectivity index (χ1v) is 8.79. The van der Waals surface area contributed by atoms with Crippen LogP contribution < -0.4 is 0 Å². The maximum Gasteiger partial charge on any atom is 0.328 e. The first-order chi connectivity index (χ1) is 12.1. The molecule has 1 aliphatic rings. The van der Waals surface area contributed by atoms with Gasteiger partial charge in [-0.05, 0) is 47.7 Å². The molecule has 1 aromatic heterocycles. The van der Waals surface area contributed by atoms with Gasteiger partial charge in [-0.3, -0.25) is 0 Å². The fraction of sp³-hybridized carbons (Fsp3) is 0.190. The number of halogens is 1. The summed E-state index contributed by atoms with van der Waals surface area (Å²) in [6.45, 7) is 0.924. The maximum atomic E-state index is 11.3. The van der Waals surface area contributed by atoms with Crippen LogP contribution in [0.4, 0.5) is 0 Å². The standard InChI is InChI=1S/C21H18ClNO2/c22-16-9-7-14(8-10-16)12-18-17-5-1-2-6-19(17)23-11-3-4-15(21(18)23)13-20(24)25/h1-2,5-10,13H,3-4,11-12H2,(H,24,25). The van der Waals surface area contributed by atoms with Gasteiger partial charge in [0.15, 0.2) is 0 Å². The SMILES string of the molecule is O=C(O)C=C1CCCn2c1c(Cc1ccc(Cl)cc1)c1ccccc12. The van der Waals surface area contributed by atoms with Crippen LogP contribution in [-0.2, 0) is 17.8 Å². The highest BCUT2D eigenvalue weighted by molar-refractivity contribution is 6.30. The summed E-state index contributed by atoms with van der Waals surface area (Å²) in [4.78, 5) is 11.3. The number of fused-ring (bicyclic) bond motifs is 3. The number of rotatable bonds is 3. The molecule has 0 saturated carbocycles. The Morgan fingerprint density at radius 1 is 1.16 bits per heavy atom. The number of carbonyl (C=O) groups is 1. The van der Waals surface area contributed by atoms with E-state index in [2.05, 4.69) is 16.7 Å². The topological polar surface area (TPSA) is 42.2 Å². The molecule has 25 heavy (non-hydrogen) atoms. The highest BCUT2D eigenvalue weighted by atomic mass is 35.5. The number of para-hydroxylation sites is 1. The molecule has 2 heterocycles. The van der Waals surface area contributed by atoms with E-state index < -0.39 is 5.97 Å². The van der Waals surface area contributed by atoms with E-state index in [0.29, 0.717) is 0 Å². The zero-order valence-corrected chi connectivity index (χ0v) is 14.5. The number of aliphatic carboxylic acids is 1. The van der Waals surface area contributed by atoms with Crippen LogP contribution in [0.1, 0.15) is 29.7 Å². The molecule has 1 aliphatic heterocycles. The molecule has 0 spiro atoms. The van der Waals surface area contributed by atoms with Crippen molar-refractivity contribution in [1.82, 2.24) is 4.57 Å². The second-order valence-electron chi connectivity index (χ2n) is 6.41. The molecule has 2 aromatic carbocycles. The van der Waals surface area contributed by atoms with Crippen molar-refractivity contribution in [3.8, 4) is 0 Å². The number of hydrogen-bond donors (Lipinski definition) is 1. The lowest BCUT2D eigenvalue weighted by Gasteiger charge is -2.20. The average Bonchev–Trinajstić information content (AvgIpc) is 2.92. The third-order valence-corrected chi connectivity index (χ3v) is 5.05. The van der Waals surface area contributed by atoms with E-state index in [1.165, 1.54) is 28.1 Å². The summed E-state index contributed by atoms with van der Waals surface area (Å²) >= 11 is 6.01. The van der Waals surface area contributed by atoms with E-state index in [1.54, 1.807) is 0 Å². The van der Waals surface area contributed by atoms with Crippen LogP contribution in [0.25, 0.3) is 16.5 Å². The van der Waals surface area contributed by atoms with Crippen LogP contribution >= 0.6 is 11.6 Å². The van der Waals surface area contributed by atoms with Crippen LogP contribution in [0.3, 0.4) is 0 Å². The predicted octanol–water partition coefficient (Wildman–Crippen LogP) is 5.15. The summed E-state index contributed by atoms with van der Waals surface area (Å²) < 4.78 is 2.28. The Kier molecular flexibility index (Phi) is 4.10. The Labute approximate surface area is 151 Å². The molecule has 1 N–H and O–H groups in total. The third-order valence-electron chi connectivity index (χ3n) is 4.80. The van der Waals surface area contributed by atoms with Crippen molar-refractivity contribution in [3.63, 3.8) is 0 Å². The number of benzene rings is 2. The Morgan fingerprint density at radius 2 is 1.92 bits per heavy atom. The van der Waals surface area contributed by atoms with E-state index in [4.69, 9.17) is 11.6 Å². The monoisotopic (exact) mass is 351 g/mol. The number of aryl methyl sites for hydroxylation is 1. The van der Waals surface area contributed by atoms with Gasteiger partial charge in [0.25, 0.3) is 0 Å². The number of allylic oxidation sites excluding steroid dienone is 1. The first-order valence-electron chi connectivity index (χ1n) is 8.42. The number of hydrogen-bond acceptors (Lipinski definition) is 1. The number of carboxylic acids is 1. The highest BCUT2D eigenvalue weighted by Crippen LogP contribution is 2.37. The Bertz CT molecular complexity index is 983. The first kappa shape index (κ1) is 16.0. The minimum absolute atomic E-state index is 0.721. The highest BCUT2D eigenvalue weighted by Gasteiger charge is 2.23. The van der Waals surface area contributed by atoms with Gasteiger partial charge in [-0.15, -0.1) is 0 Å². The molecule has 0 amide bonds. The van der Waals surface area contributed by atoms with Crippen molar-refractivity contribution in [3.05, 3.63) is 76.5 Å². The van der Waals surface area contributed by atoms with Gasteiger partial charge >= 0.3 is 5.97 Å². The lowest BCUT2D eigenvalue weighted by molar-refractivity contribution is -0.131. The van der Waals surface area contributed by atoms with Gasteiger partial charge in [0, 0.05) is 40.7 Å². The van der Waals surface area contributed by atoms with Gasteiger partial charge in [0.1, 0.15) is 0 Å². The molecular weight excluding hydrogens is 334 g/mol. The van der Waals surface area contributed by atoms with Crippen LogP contribution in [0.2, 0.25) is 5.02 Å². The van der Waals surface area contributed by atoms with Gasteiger partial charge in [-0.25, -0.2) is 4.79 Å². The van der Waals surface area contributed by atoms with Gasteiger partial charge in [0.2, 0.25) is 0 Å². The summed E-state index contributed by atoms with van der Waals surface area (Å²) in [5, 5.41) is 11.2. The van der Waals surface area contributed by atoms with Crippen LogP contribution in [0.5, 0.6) is 0 Å². The molecule has 0 bridgehead atoms. The summed E-state index contributed by atoms with van der Waals surface area (Å²) in [5.41, 5.74) is 5.54. The Hall–Kier alpha value is -2.52. The van der Waals surface area contributed by atoms with Crippen molar-refractivity contribution in [1.29, 1.82) is 0 Å². The van der Waals surface area contributed by atoms with Gasteiger partial charge in [-0.2, -0.15) is 0 Å². The molecule has 3 aromatic rings. The molecule has 0 unspecified atom stereocenters. The largest absolute Gasteiger partial charge is 0.478 e. The summed E-state index contributed by atoms with van der Waals surface area (Å²) in [7, 11) is 0. The molecule has 126 valence electrons. The number of carboxylic acid groups (broad SMARTS) is 1. The van der Waals surface area contributed by atoms with Gasteiger partial charge < -0.3 is 9.67 Å². The van der Waals surface area contributed by atoms with Crippen LogP contribution in [0, 0.1) is 0 Å². The van der Waals surface area contributed by atoms with Crippen LogP contribution in [0.15, 0.2) is 54.6 Å². The molecular formula is C21H18ClNO2. The molecule has 0 fully saturated rings. The normalized spacial score (nSPS) is 15.5. The molecule has 4 rings (SSSR count). The van der Waals surface area contributed by atoms with Crippen LogP contribution in [-0.4, -0.2) is 15.6 Å². The quantitative estimate of drug-likeness (QED) is 0.663. The fourth-order valence-corrected chi connectivity index (χ4v) is 3.92. The Balaban J connectivity index is 1.93. The summed E-state index contributed by atoms with van der Waals surface area (Å²) in [6.07, 6.45) is 3.90. The zero-order chi connectivity index (χ0) is 17.4. The maximum absolute atomic E-state index is 11.3. The second kappa shape index (κ2) is 6.41. The van der Waals surface area contributed by atoms with E-state index >= 15 is 0 Å². The summed E-state index contributed by atoms with van der Waals surface area (Å²) in [6, 6.07) is 16.2. The van der Waals surface area contributed by atoms with E-state index in [9.17, 15) is 9.90 Å². The average molecular weight is 352 g/mol. The van der Waals surface area contributed by atoms with Crippen molar-refractivity contribution in [2.45, 2.75) is 25.8 Å². The summed E-state index contributed by atoms with van der Waals surface area (Å²) in [5.74, 6) is -0.883.